The second-order valence-corrected chi connectivity index (χ2v) is 6.78. The summed E-state index contributed by atoms with van der Waals surface area (Å²) in [5, 5.41) is 2.75. The summed E-state index contributed by atoms with van der Waals surface area (Å²) in [5.74, 6) is 2.69. The third-order valence-electron chi connectivity index (χ3n) is 2.91. The zero-order valence-electron chi connectivity index (χ0n) is 10.1. The first-order valence-corrected chi connectivity index (χ1v) is 7.75. The minimum atomic E-state index is -2.91. The van der Waals surface area contributed by atoms with Crippen LogP contribution in [0.25, 0.3) is 0 Å². The lowest BCUT2D eigenvalue weighted by atomic mass is 10.0. The van der Waals surface area contributed by atoms with Crippen LogP contribution < -0.4 is 5.32 Å². The maximum absolute atomic E-state index is 11.7. The molecule has 0 saturated carbocycles. The summed E-state index contributed by atoms with van der Waals surface area (Å²) in [6, 6.07) is -0.231. The topological polar surface area (TPSA) is 63.2 Å². The molecule has 1 saturated heterocycles. The standard InChI is InChI=1S/C12H19NO3S/c1-3-5-11(4-2)13-12(14)8-10-6-7-17(15,16)9-10/h2,10-11H,3,5-9H2,1H3,(H,13,14). The molecule has 1 aliphatic rings. The van der Waals surface area contributed by atoms with Crippen LogP contribution in [-0.2, 0) is 14.6 Å². The second-order valence-electron chi connectivity index (χ2n) is 4.55. The third kappa shape index (κ3) is 4.78. The zero-order chi connectivity index (χ0) is 12.9. The highest BCUT2D eigenvalue weighted by Crippen LogP contribution is 2.21. The number of rotatable bonds is 5. The Morgan fingerprint density at radius 1 is 1.59 bits per heavy atom. The van der Waals surface area contributed by atoms with Gasteiger partial charge in [0.25, 0.3) is 0 Å². The number of nitrogens with one attached hydrogen (secondary N) is 1. The zero-order valence-corrected chi connectivity index (χ0v) is 10.9. The second kappa shape index (κ2) is 6.06. The van der Waals surface area contributed by atoms with Crippen LogP contribution in [0.3, 0.4) is 0 Å². The van der Waals surface area contributed by atoms with Crippen molar-refractivity contribution >= 4 is 15.7 Å². The summed E-state index contributed by atoms with van der Waals surface area (Å²) in [5.41, 5.74) is 0. The van der Waals surface area contributed by atoms with Gasteiger partial charge in [0.05, 0.1) is 17.5 Å². The highest BCUT2D eigenvalue weighted by molar-refractivity contribution is 7.91. The van der Waals surface area contributed by atoms with Gasteiger partial charge in [-0.15, -0.1) is 6.42 Å². The molecule has 96 valence electrons. The van der Waals surface area contributed by atoms with Gasteiger partial charge in [0.2, 0.25) is 5.91 Å². The van der Waals surface area contributed by atoms with E-state index in [0.29, 0.717) is 6.42 Å². The van der Waals surface area contributed by atoms with E-state index in [1.807, 2.05) is 6.92 Å². The highest BCUT2D eigenvalue weighted by atomic mass is 32.2. The lowest BCUT2D eigenvalue weighted by Crippen LogP contribution is -2.34. The monoisotopic (exact) mass is 257 g/mol. The fourth-order valence-corrected chi connectivity index (χ4v) is 3.90. The van der Waals surface area contributed by atoms with Crippen molar-refractivity contribution in [3.8, 4) is 12.3 Å². The fraction of sp³-hybridized carbons (Fsp3) is 0.750. The minimum absolute atomic E-state index is 0.0416. The highest BCUT2D eigenvalue weighted by Gasteiger charge is 2.29. The summed E-state index contributed by atoms with van der Waals surface area (Å²) in [4.78, 5) is 11.7. The van der Waals surface area contributed by atoms with Crippen molar-refractivity contribution in [2.45, 2.75) is 38.6 Å². The first-order valence-electron chi connectivity index (χ1n) is 5.92. The molecular weight excluding hydrogens is 238 g/mol. The van der Waals surface area contributed by atoms with Gasteiger partial charge in [0.15, 0.2) is 9.84 Å². The molecule has 5 heteroatoms. The van der Waals surface area contributed by atoms with Crippen LogP contribution in [0.2, 0.25) is 0 Å². The number of hydrogen-bond acceptors (Lipinski definition) is 3. The van der Waals surface area contributed by atoms with Crippen LogP contribution in [0.15, 0.2) is 0 Å². The van der Waals surface area contributed by atoms with Gasteiger partial charge in [-0.1, -0.05) is 19.3 Å². The first-order chi connectivity index (χ1) is 7.96. The summed E-state index contributed by atoms with van der Waals surface area (Å²) >= 11 is 0. The van der Waals surface area contributed by atoms with Crippen molar-refractivity contribution in [1.82, 2.24) is 5.32 Å². The molecule has 0 aromatic rings. The predicted octanol–water partition coefficient (Wildman–Crippen LogP) is 0.729. The number of carbonyl (C=O) groups excluding carboxylic acids is 1. The lowest BCUT2D eigenvalue weighted by Gasteiger charge is -2.13. The number of amides is 1. The van der Waals surface area contributed by atoms with Gasteiger partial charge < -0.3 is 5.32 Å². The Morgan fingerprint density at radius 2 is 2.29 bits per heavy atom. The Bertz CT molecular complexity index is 408. The summed E-state index contributed by atoms with van der Waals surface area (Å²) in [6.45, 7) is 2.00. The number of hydrogen-bond donors (Lipinski definition) is 1. The molecular formula is C12H19NO3S. The smallest absolute Gasteiger partial charge is 0.221 e. The summed E-state index contributed by atoms with van der Waals surface area (Å²) in [6.07, 6.45) is 7.82. The molecule has 4 nitrogen and oxygen atoms in total. The number of terminal acetylenes is 1. The molecule has 0 radical (unpaired) electrons. The molecule has 0 aromatic carbocycles. The van der Waals surface area contributed by atoms with Crippen molar-refractivity contribution in [3.05, 3.63) is 0 Å². The van der Waals surface area contributed by atoms with E-state index in [1.165, 1.54) is 0 Å². The SMILES string of the molecule is C#CC(CCC)NC(=O)CC1CCS(=O)(=O)C1. The van der Waals surface area contributed by atoms with E-state index in [9.17, 15) is 13.2 Å². The predicted molar refractivity (Wildman–Crippen MR) is 67.0 cm³/mol. The summed E-state index contributed by atoms with van der Waals surface area (Å²) in [7, 11) is -2.91. The van der Waals surface area contributed by atoms with E-state index in [2.05, 4.69) is 11.2 Å². The van der Waals surface area contributed by atoms with Crippen LogP contribution in [0, 0.1) is 18.3 Å². The van der Waals surface area contributed by atoms with Crippen LogP contribution in [0.5, 0.6) is 0 Å². The Kier molecular flexibility index (Phi) is 5.01. The van der Waals surface area contributed by atoms with Crippen LogP contribution >= 0.6 is 0 Å². The molecule has 1 aliphatic heterocycles. The van der Waals surface area contributed by atoms with Crippen LogP contribution in [0.4, 0.5) is 0 Å². The van der Waals surface area contributed by atoms with Gasteiger partial charge >= 0.3 is 0 Å². The molecule has 0 aromatic heterocycles. The van der Waals surface area contributed by atoms with Gasteiger partial charge in [0.1, 0.15) is 0 Å². The largest absolute Gasteiger partial charge is 0.342 e. The first kappa shape index (κ1) is 14.0. The van der Waals surface area contributed by atoms with Crippen LogP contribution in [-0.4, -0.2) is 31.9 Å². The third-order valence-corrected chi connectivity index (χ3v) is 4.75. The van der Waals surface area contributed by atoms with Crippen molar-refractivity contribution in [1.29, 1.82) is 0 Å². The molecule has 0 aliphatic carbocycles. The minimum Gasteiger partial charge on any atom is -0.342 e. The van der Waals surface area contributed by atoms with Crippen molar-refractivity contribution < 1.29 is 13.2 Å². The Labute approximate surface area is 103 Å². The molecule has 2 unspecified atom stereocenters. The molecule has 1 fully saturated rings. The van der Waals surface area contributed by atoms with Crippen molar-refractivity contribution in [2.24, 2.45) is 5.92 Å². The molecule has 1 heterocycles. The van der Waals surface area contributed by atoms with E-state index in [-0.39, 0.29) is 35.8 Å². The van der Waals surface area contributed by atoms with E-state index in [1.54, 1.807) is 0 Å². The van der Waals surface area contributed by atoms with Gasteiger partial charge in [-0.25, -0.2) is 8.42 Å². The molecule has 0 spiro atoms. The maximum Gasteiger partial charge on any atom is 0.221 e. The van der Waals surface area contributed by atoms with E-state index in [0.717, 1.165) is 12.8 Å². The van der Waals surface area contributed by atoms with E-state index < -0.39 is 9.84 Å². The lowest BCUT2D eigenvalue weighted by molar-refractivity contribution is -0.122. The van der Waals surface area contributed by atoms with Crippen LogP contribution in [0.1, 0.15) is 32.6 Å². The van der Waals surface area contributed by atoms with Crippen molar-refractivity contribution in [3.63, 3.8) is 0 Å². The van der Waals surface area contributed by atoms with Gasteiger partial charge in [-0.3, -0.25) is 4.79 Å². The Hall–Kier alpha value is -1.02. The number of carbonyl (C=O) groups is 1. The van der Waals surface area contributed by atoms with E-state index >= 15 is 0 Å². The van der Waals surface area contributed by atoms with Gasteiger partial charge in [-0.05, 0) is 18.8 Å². The molecule has 2 atom stereocenters. The van der Waals surface area contributed by atoms with Crippen molar-refractivity contribution in [2.75, 3.05) is 11.5 Å². The molecule has 1 N–H and O–H groups in total. The van der Waals surface area contributed by atoms with Gasteiger partial charge in [0, 0.05) is 6.42 Å². The average molecular weight is 257 g/mol. The summed E-state index contributed by atoms with van der Waals surface area (Å²) < 4.78 is 22.5. The molecule has 0 bridgehead atoms. The molecule has 1 rings (SSSR count). The van der Waals surface area contributed by atoms with Gasteiger partial charge in [-0.2, -0.15) is 0 Å². The van der Waals surface area contributed by atoms with E-state index in [4.69, 9.17) is 6.42 Å². The number of sulfone groups is 1. The quantitative estimate of drug-likeness (QED) is 0.738. The maximum atomic E-state index is 11.7. The fourth-order valence-electron chi connectivity index (χ4n) is 2.03. The normalized spacial score (nSPS) is 23.9. The average Bonchev–Trinajstić information content (AvgIpc) is 2.57. The Balaban J connectivity index is 2.38. The molecule has 1 amide bonds. The Morgan fingerprint density at radius 3 is 2.76 bits per heavy atom. The molecule has 17 heavy (non-hydrogen) atoms.